The monoisotopic (exact) mass is 626 g/mol. The van der Waals surface area contributed by atoms with Gasteiger partial charge in [0.2, 0.25) is 0 Å². The molecular weight excluding hydrogens is 584 g/mol. The Morgan fingerprint density at radius 2 is 0.738 bits per heavy atom. The summed E-state index contributed by atoms with van der Waals surface area (Å²) in [6.07, 6.45) is -42.7. The fourth-order valence-corrected chi connectivity index (χ4v) is 3.49. The number of aliphatic hydroxyl groups is 17. The standard InChI is InChI=1S/C22H42O20/c1-3-41-22(40)42-4-6(24)8(26)10(28)12(30)14(32)16(34)18(36)20(38)21(39)19(37)17(35)15(33)13(31)11(29)9(27)7(25)5(2)23/h3,5-21,23-39H,1,4H2,2H3. The first-order chi connectivity index (χ1) is 19.2. The zero-order chi connectivity index (χ0) is 33.2. The molecule has 0 heterocycles. The van der Waals surface area contributed by atoms with Crippen molar-refractivity contribution in [2.24, 2.45) is 0 Å². The molecule has 0 aromatic carbocycles. The highest BCUT2D eigenvalue weighted by atomic mass is 16.7. The smallest absolute Gasteiger partial charge is 0.431 e. The Balaban J connectivity index is 5.32. The van der Waals surface area contributed by atoms with Crippen LogP contribution >= 0.6 is 0 Å². The van der Waals surface area contributed by atoms with Crippen LogP contribution in [0.1, 0.15) is 6.92 Å². The zero-order valence-corrected chi connectivity index (χ0v) is 22.1. The second kappa shape index (κ2) is 18.2. The number of hydrogen-bond acceptors (Lipinski definition) is 20. The molecule has 17 atom stereocenters. The maximum atomic E-state index is 11.1. The van der Waals surface area contributed by atoms with Gasteiger partial charge in [0.15, 0.2) is 0 Å². The van der Waals surface area contributed by atoms with Crippen molar-refractivity contribution in [3.05, 3.63) is 12.8 Å². The molecule has 0 aliphatic carbocycles. The summed E-state index contributed by atoms with van der Waals surface area (Å²) in [5, 5.41) is 169. The van der Waals surface area contributed by atoms with Crippen molar-refractivity contribution in [1.29, 1.82) is 0 Å². The van der Waals surface area contributed by atoms with Crippen LogP contribution < -0.4 is 0 Å². The van der Waals surface area contributed by atoms with E-state index in [1.807, 2.05) is 0 Å². The average Bonchev–Trinajstić information content (AvgIpc) is 2.97. The summed E-state index contributed by atoms with van der Waals surface area (Å²) >= 11 is 0. The molecule has 0 rings (SSSR count). The summed E-state index contributed by atoms with van der Waals surface area (Å²) in [4.78, 5) is 11.1. The maximum Gasteiger partial charge on any atom is 0.513 e. The van der Waals surface area contributed by atoms with Gasteiger partial charge in [0.25, 0.3) is 0 Å². The van der Waals surface area contributed by atoms with Gasteiger partial charge in [0, 0.05) is 0 Å². The zero-order valence-electron chi connectivity index (χ0n) is 22.1. The van der Waals surface area contributed by atoms with Gasteiger partial charge in [-0.15, -0.1) is 0 Å². The molecule has 17 unspecified atom stereocenters. The highest BCUT2D eigenvalue weighted by molar-refractivity contribution is 5.60. The number of rotatable bonds is 19. The van der Waals surface area contributed by atoms with Crippen LogP contribution in [0.3, 0.4) is 0 Å². The van der Waals surface area contributed by atoms with E-state index in [-0.39, 0.29) is 0 Å². The van der Waals surface area contributed by atoms with Crippen LogP contribution in [0.5, 0.6) is 0 Å². The summed E-state index contributed by atoms with van der Waals surface area (Å²) in [6.45, 7) is 3.05. The molecule has 0 aliphatic heterocycles. The van der Waals surface area contributed by atoms with Crippen LogP contribution in [0.15, 0.2) is 12.8 Å². The first kappa shape index (κ1) is 40.3. The second-order valence-electron chi connectivity index (χ2n) is 9.51. The van der Waals surface area contributed by atoms with Crippen molar-refractivity contribution >= 4 is 6.16 Å². The van der Waals surface area contributed by atoms with Gasteiger partial charge in [-0.1, -0.05) is 6.58 Å². The maximum absolute atomic E-state index is 11.1. The van der Waals surface area contributed by atoms with Crippen LogP contribution in [-0.2, 0) is 9.47 Å². The van der Waals surface area contributed by atoms with Gasteiger partial charge in [-0.05, 0) is 6.92 Å². The van der Waals surface area contributed by atoms with Gasteiger partial charge in [-0.2, -0.15) is 0 Å². The summed E-state index contributed by atoms with van der Waals surface area (Å²) in [6, 6.07) is 0. The number of ether oxygens (including phenoxy) is 2. The molecule has 0 saturated carbocycles. The minimum absolute atomic E-state index is 0.673. The number of carbonyl (C=O) groups is 1. The molecule has 42 heavy (non-hydrogen) atoms. The number of aliphatic hydroxyl groups excluding tert-OH is 17. The van der Waals surface area contributed by atoms with Crippen molar-refractivity contribution < 1.29 is 101 Å². The van der Waals surface area contributed by atoms with E-state index in [9.17, 15) is 91.6 Å². The van der Waals surface area contributed by atoms with Crippen LogP contribution in [0.2, 0.25) is 0 Å². The Bertz CT molecular complexity index is 787. The van der Waals surface area contributed by atoms with Gasteiger partial charge in [-0.3, -0.25) is 0 Å². The molecule has 0 amide bonds. The molecule has 0 bridgehead atoms. The summed E-state index contributed by atoms with van der Waals surface area (Å²) < 4.78 is 8.51. The van der Waals surface area contributed by atoms with Crippen molar-refractivity contribution in [3.63, 3.8) is 0 Å². The third-order valence-electron chi connectivity index (χ3n) is 6.34. The Kier molecular flexibility index (Phi) is 17.5. The Morgan fingerprint density at radius 1 is 0.500 bits per heavy atom. The van der Waals surface area contributed by atoms with Gasteiger partial charge in [0.05, 0.1) is 12.4 Å². The summed E-state index contributed by atoms with van der Waals surface area (Å²) in [7, 11) is 0. The van der Waals surface area contributed by atoms with E-state index in [1.54, 1.807) is 0 Å². The largest absolute Gasteiger partial charge is 0.513 e. The lowest BCUT2D eigenvalue weighted by Crippen LogP contribution is -2.61. The first-order valence-electron chi connectivity index (χ1n) is 12.3. The van der Waals surface area contributed by atoms with Crippen molar-refractivity contribution in [2.45, 2.75) is 111 Å². The molecule has 17 N–H and O–H groups in total. The fourth-order valence-electron chi connectivity index (χ4n) is 3.49. The Morgan fingerprint density at radius 3 is 0.976 bits per heavy atom. The summed E-state index contributed by atoms with van der Waals surface area (Å²) in [5.41, 5.74) is 0. The summed E-state index contributed by atoms with van der Waals surface area (Å²) in [5.74, 6) is 0. The Hall–Kier alpha value is -1.67. The van der Waals surface area contributed by atoms with E-state index in [0.717, 1.165) is 6.92 Å². The van der Waals surface area contributed by atoms with Gasteiger partial charge in [-0.25, -0.2) is 4.79 Å². The van der Waals surface area contributed by atoms with Crippen LogP contribution in [0.25, 0.3) is 0 Å². The van der Waals surface area contributed by atoms with E-state index >= 15 is 0 Å². The minimum atomic E-state index is -2.72. The first-order valence-corrected chi connectivity index (χ1v) is 12.3. The predicted molar refractivity (Wildman–Crippen MR) is 130 cm³/mol. The fraction of sp³-hybridized carbons (Fsp3) is 0.864. The number of hydrogen-bond donors (Lipinski definition) is 17. The van der Waals surface area contributed by atoms with Gasteiger partial charge >= 0.3 is 6.16 Å². The van der Waals surface area contributed by atoms with Crippen LogP contribution in [0, 0.1) is 0 Å². The average molecular weight is 627 g/mol. The molecule has 20 heteroatoms. The lowest BCUT2D eigenvalue weighted by Gasteiger charge is -2.37. The lowest BCUT2D eigenvalue weighted by atomic mass is 9.87. The molecule has 0 spiro atoms. The third kappa shape index (κ3) is 10.8. The molecule has 0 aliphatic rings. The molecule has 0 aromatic rings. The predicted octanol–water partition coefficient (Wildman–Crippen LogP) is -9.56. The molecule has 250 valence electrons. The minimum Gasteiger partial charge on any atom is -0.431 e. The van der Waals surface area contributed by atoms with Crippen LogP contribution in [0.4, 0.5) is 4.79 Å². The Labute approximate surface area is 238 Å². The molecule has 0 saturated heterocycles. The quantitative estimate of drug-likeness (QED) is 0.0467. The van der Waals surface area contributed by atoms with E-state index in [0.29, 0.717) is 6.26 Å². The molecule has 0 aromatic heterocycles. The van der Waals surface area contributed by atoms with Gasteiger partial charge < -0.3 is 96.3 Å². The normalized spacial score (nSPS) is 24.5. The van der Waals surface area contributed by atoms with E-state index < -0.39 is 117 Å². The highest BCUT2D eigenvalue weighted by Gasteiger charge is 2.46. The highest BCUT2D eigenvalue weighted by Crippen LogP contribution is 2.20. The SMILES string of the molecule is C=COC(=O)OCC(O)C(O)C(O)C(O)C(O)C(O)C(O)C(O)C(O)C(O)C(O)C(O)C(O)C(O)C(O)C(O)C(C)O. The van der Waals surface area contributed by atoms with Gasteiger partial charge in [0.1, 0.15) is 104 Å². The van der Waals surface area contributed by atoms with E-state index in [4.69, 9.17) is 0 Å². The molecule has 0 fully saturated rings. The van der Waals surface area contributed by atoms with Crippen molar-refractivity contribution in [2.75, 3.05) is 6.61 Å². The topological polar surface area (TPSA) is 379 Å². The van der Waals surface area contributed by atoms with E-state index in [2.05, 4.69) is 16.1 Å². The van der Waals surface area contributed by atoms with E-state index in [1.165, 1.54) is 0 Å². The van der Waals surface area contributed by atoms with Crippen molar-refractivity contribution in [3.8, 4) is 0 Å². The second-order valence-corrected chi connectivity index (χ2v) is 9.51. The number of carbonyl (C=O) groups excluding carboxylic acids is 1. The van der Waals surface area contributed by atoms with Crippen LogP contribution in [-0.4, -0.2) is 203 Å². The molecule has 0 radical (unpaired) electrons. The lowest BCUT2D eigenvalue weighted by molar-refractivity contribution is -0.209. The van der Waals surface area contributed by atoms with Crippen molar-refractivity contribution in [1.82, 2.24) is 0 Å². The molecule has 20 nitrogen and oxygen atoms in total. The molecular formula is C22H42O20. The third-order valence-corrected chi connectivity index (χ3v) is 6.34.